The minimum absolute atomic E-state index is 0. The first-order valence-corrected chi connectivity index (χ1v) is 22.9. The van der Waals surface area contributed by atoms with E-state index in [0.29, 0.717) is 31.8 Å². The number of halogens is 2. The van der Waals surface area contributed by atoms with Crippen LogP contribution >= 0.6 is 21.4 Å². The third-order valence-electron chi connectivity index (χ3n) is 10.4. The van der Waals surface area contributed by atoms with Gasteiger partial charge in [-0.3, -0.25) is 0 Å². The molecule has 0 saturated carbocycles. The van der Waals surface area contributed by atoms with Crippen molar-refractivity contribution in [2.24, 2.45) is 0 Å². The molecule has 9 heteroatoms. The Hall–Kier alpha value is -3.18. The van der Waals surface area contributed by atoms with Gasteiger partial charge in [0, 0.05) is 21.4 Å². The molecule has 284 valence electrons. The van der Waals surface area contributed by atoms with Crippen LogP contribution < -0.4 is 56.6 Å². The summed E-state index contributed by atoms with van der Waals surface area (Å²) in [5.74, 6) is 0. The van der Waals surface area contributed by atoms with Crippen LogP contribution in [0.25, 0.3) is 0 Å². The molecule has 0 aliphatic carbocycles. The summed E-state index contributed by atoms with van der Waals surface area (Å²) in [7, 11) is -12.1. The molecule has 0 spiro atoms. The molecule has 0 fully saturated rings. The van der Waals surface area contributed by atoms with Gasteiger partial charge in [-0.1, -0.05) is 222 Å². The quantitative estimate of drug-likeness (QED) is 0.159. The van der Waals surface area contributed by atoms with Crippen molar-refractivity contribution in [1.29, 1.82) is 0 Å². The molecule has 0 atom stereocenters. The molecule has 0 saturated heterocycles. The van der Waals surface area contributed by atoms with Gasteiger partial charge >= 0.3 is 26.2 Å². The molecule has 0 aliphatic heterocycles. The van der Waals surface area contributed by atoms with E-state index in [9.17, 15) is 0 Å². The summed E-state index contributed by atoms with van der Waals surface area (Å²) in [6.45, 7) is 11.0. The van der Waals surface area contributed by atoms with Crippen molar-refractivity contribution in [1.82, 2.24) is 0 Å². The number of hydrogen-bond donors (Lipinski definition) is 0. The Morgan fingerprint density at radius 1 is 0.357 bits per heavy atom. The standard InChI is InChI=1S/C37H30O3P3.C10H15.2ClH.Zr/c38-41(31-19-7-1-8-20-31,32-21-9-2-10-22-32)37(42(39,33-23-11-3-12-24-33)34-25-13-4-14-26-34)43(40,35-27-15-5-16-28-35)36-29-17-6-18-30-36;1-6-7(2)9(4)10(5)8(6)3;;;/h1-30H;1-5H3;2*1H;/q2*-1;;;+4/p-2. The smallest absolute Gasteiger partial charge is 1.00 e. The van der Waals surface area contributed by atoms with E-state index in [0.717, 1.165) is 0 Å². The van der Waals surface area contributed by atoms with Crippen LogP contribution in [0.2, 0.25) is 0 Å². The largest absolute Gasteiger partial charge is 4.00 e. The Labute approximate surface area is 364 Å². The molecule has 7 rings (SSSR count). The summed E-state index contributed by atoms with van der Waals surface area (Å²) in [5.41, 5.74) is 7.34. The van der Waals surface area contributed by atoms with Crippen molar-refractivity contribution in [3.63, 3.8) is 0 Å². The molecule has 0 radical (unpaired) electrons. The van der Waals surface area contributed by atoms with Crippen LogP contribution in [0.1, 0.15) is 27.8 Å². The zero-order chi connectivity index (χ0) is 37.6. The summed E-state index contributed by atoms with van der Waals surface area (Å²) in [6.07, 6.45) is 0. The molecule has 0 aromatic heterocycles. The Kier molecular flexibility index (Phi) is 17.3. The van der Waals surface area contributed by atoms with Crippen molar-refractivity contribution in [3.8, 4) is 0 Å². The summed E-state index contributed by atoms with van der Waals surface area (Å²) in [5, 5.41) is 2.96. The molecule has 0 amide bonds. The first-order chi connectivity index (χ1) is 25.6. The number of hydrogen-bond acceptors (Lipinski definition) is 3. The topological polar surface area (TPSA) is 51.2 Å². The van der Waals surface area contributed by atoms with Gasteiger partial charge in [-0.05, 0) is 31.8 Å². The van der Waals surface area contributed by atoms with E-state index in [-0.39, 0.29) is 56.2 Å². The minimum atomic E-state index is -4.05. The van der Waals surface area contributed by atoms with Crippen molar-refractivity contribution in [2.45, 2.75) is 34.6 Å². The molecule has 0 heterocycles. The second kappa shape index (κ2) is 20.5. The molecule has 0 aliphatic rings. The SMILES string of the molecule is Cc1c(C)c(C)[c-](C)c1C.O=P(c1ccccc1)(c1ccccc1)[C-](P(=O)(c1ccccc1)c1ccccc1)P(=O)(c1ccccc1)c1ccccc1.[Cl-].[Cl-].[Zr+4]. The molecular formula is C47H45Cl2O3P3Zr. The second-order valence-corrected chi connectivity index (χ2v) is 22.4. The molecule has 0 unspecified atom stereocenters. The second-order valence-electron chi connectivity index (χ2n) is 13.3. The van der Waals surface area contributed by atoms with Crippen molar-refractivity contribution >= 4 is 53.3 Å². The van der Waals surface area contributed by atoms with Gasteiger partial charge in [0.15, 0.2) is 0 Å². The maximum atomic E-state index is 16.5. The average Bonchev–Trinajstić information content (AvgIpc) is 3.39. The summed E-state index contributed by atoms with van der Waals surface area (Å²) in [6, 6.07) is 54.7. The van der Waals surface area contributed by atoms with E-state index in [1.54, 1.807) is 72.8 Å². The third-order valence-corrected chi connectivity index (χ3v) is 23.3. The molecule has 0 bridgehead atoms. The van der Waals surface area contributed by atoms with Gasteiger partial charge in [0.2, 0.25) is 0 Å². The van der Waals surface area contributed by atoms with Crippen molar-refractivity contribution < 1.29 is 64.7 Å². The predicted molar refractivity (Wildman–Crippen MR) is 228 cm³/mol. The van der Waals surface area contributed by atoms with Crippen LogP contribution in [-0.2, 0) is 39.9 Å². The van der Waals surface area contributed by atoms with E-state index < -0.39 is 21.4 Å². The van der Waals surface area contributed by atoms with Crippen LogP contribution in [0.4, 0.5) is 0 Å². The predicted octanol–water partition coefficient (Wildman–Crippen LogP) is 4.43. The van der Waals surface area contributed by atoms with Crippen molar-refractivity contribution in [2.75, 3.05) is 0 Å². The Morgan fingerprint density at radius 3 is 0.643 bits per heavy atom. The van der Waals surface area contributed by atoms with Crippen LogP contribution in [-0.4, -0.2) is 0 Å². The molecule has 56 heavy (non-hydrogen) atoms. The maximum absolute atomic E-state index is 16.5. The normalized spacial score (nSPS) is 11.2. The fourth-order valence-electron chi connectivity index (χ4n) is 6.97. The van der Waals surface area contributed by atoms with Gasteiger partial charge in [-0.15, -0.1) is 0 Å². The fourth-order valence-corrected chi connectivity index (χ4v) is 21.7. The van der Waals surface area contributed by atoms with Gasteiger partial charge in [0.05, 0.1) is 0 Å². The van der Waals surface area contributed by atoms with E-state index in [2.05, 4.69) is 34.6 Å². The molecule has 3 nitrogen and oxygen atoms in total. The first-order valence-electron chi connectivity index (χ1n) is 17.8. The number of rotatable bonds is 9. The monoisotopic (exact) mass is 910 g/mol. The summed E-state index contributed by atoms with van der Waals surface area (Å²) < 4.78 is 49.6. The molecule has 0 N–H and O–H groups in total. The minimum Gasteiger partial charge on any atom is -1.00 e. The van der Waals surface area contributed by atoms with E-state index in [4.69, 9.17) is 0 Å². The van der Waals surface area contributed by atoms with E-state index >= 15 is 13.7 Å². The summed E-state index contributed by atoms with van der Waals surface area (Å²) >= 11 is 0. The molecule has 7 aromatic rings. The van der Waals surface area contributed by atoms with Crippen LogP contribution in [0.15, 0.2) is 182 Å². The zero-order valence-corrected chi connectivity index (χ0v) is 38.8. The Morgan fingerprint density at radius 2 is 0.518 bits per heavy atom. The summed E-state index contributed by atoms with van der Waals surface area (Å²) in [4.78, 5) is 0. The van der Waals surface area contributed by atoms with Gasteiger partial charge in [-0.2, -0.15) is 27.8 Å². The molecule has 7 aromatic carbocycles. The van der Waals surface area contributed by atoms with Crippen LogP contribution in [0.3, 0.4) is 0 Å². The zero-order valence-electron chi connectivity index (χ0n) is 32.1. The van der Waals surface area contributed by atoms with Gasteiger partial charge in [0.25, 0.3) is 0 Å². The van der Waals surface area contributed by atoms with E-state index in [1.165, 1.54) is 27.8 Å². The van der Waals surface area contributed by atoms with Gasteiger partial charge < -0.3 is 38.5 Å². The average molecular weight is 913 g/mol. The van der Waals surface area contributed by atoms with Crippen LogP contribution in [0.5, 0.6) is 0 Å². The third kappa shape index (κ3) is 8.94. The number of benzene rings is 6. The van der Waals surface area contributed by atoms with Gasteiger partial charge in [-0.25, -0.2) is 0 Å². The van der Waals surface area contributed by atoms with E-state index in [1.807, 2.05) is 109 Å². The Balaban J connectivity index is 0.000000567. The molecular weight excluding hydrogens is 868 g/mol. The first kappa shape index (κ1) is 47.2. The Bertz CT molecular complexity index is 1990. The fraction of sp³-hybridized carbons (Fsp3) is 0.106. The van der Waals surface area contributed by atoms with Crippen molar-refractivity contribution in [3.05, 3.63) is 215 Å². The maximum Gasteiger partial charge on any atom is 4.00 e. The van der Waals surface area contributed by atoms with Crippen LogP contribution in [0, 0.1) is 39.8 Å². The van der Waals surface area contributed by atoms with Gasteiger partial charge in [0.1, 0.15) is 0 Å².